The van der Waals surface area contributed by atoms with Crippen molar-refractivity contribution in [3.05, 3.63) is 11.6 Å². The second-order valence-corrected chi connectivity index (χ2v) is 4.52. The largest absolute Gasteiger partial charge is 0.380 e. The van der Waals surface area contributed by atoms with E-state index in [9.17, 15) is 4.79 Å². The third-order valence-corrected chi connectivity index (χ3v) is 3.35. The lowest BCUT2D eigenvalue weighted by atomic mass is 10.0. The molecule has 4 nitrogen and oxygen atoms in total. The highest BCUT2D eigenvalue weighted by Crippen LogP contribution is 2.16. The molecule has 1 unspecified atom stereocenters. The first-order chi connectivity index (χ1) is 7.81. The van der Waals surface area contributed by atoms with Gasteiger partial charge in [0.2, 0.25) is 5.91 Å². The Morgan fingerprint density at radius 2 is 2.56 bits per heavy atom. The van der Waals surface area contributed by atoms with Crippen LogP contribution in [0.2, 0.25) is 0 Å². The van der Waals surface area contributed by atoms with Crippen LogP contribution < -0.4 is 5.32 Å². The molecule has 90 valence electrons. The first-order valence-corrected chi connectivity index (χ1v) is 5.97. The number of amides is 1. The number of hydrogen-bond acceptors (Lipinski definition) is 3. The number of carbonyl (C=O) groups is 1. The van der Waals surface area contributed by atoms with E-state index in [-0.39, 0.29) is 5.92 Å². The zero-order valence-corrected chi connectivity index (χ0v) is 9.87. The Labute approximate surface area is 96.6 Å². The van der Waals surface area contributed by atoms with E-state index in [1.165, 1.54) is 5.57 Å². The van der Waals surface area contributed by atoms with E-state index in [4.69, 9.17) is 4.74 Å². The van der Waals surface area contributed by atoms with Gasteiger partial charge in [0.15, 0.2) is 0 Å². The molecule has 16 heavy (non-hydrogen) atoms. The van der Waals surface area contributed by atoms with E-state index in [1.807, 2.05) is 4.90 Å². The van der Waals surface area contributed by atoms with Gasteiger partial charge in [0.1, 0.15) is 0 Å². The number of methoxy groups -OCH3 is 1. The molecule has 1 N–H and O–H groups in total. The van der Waals surface area contributed by atoms with Gasteiger partial charge in [-0.25, -0.2) is 0 Å². The standard InChI is InChI=1S/C12H20N2O2/c1-16-9-10-3-6-14(7-4-10)12(15)11-2-5-13-8-11/h3,11,13H,2,4-9H2,1H3. The zero-order valence-electron chi connectivity index (χ0n) is 9.87. The van der Waals surface area contributed by atoms with Gasteiger partial charge < -0.3 is 15.0 Å². The molecular formula is C12H20N2O2. The molecule has 0 aromatic carbocycles. The summed E-state index contributed by atoms with van der Waals surface area (Å²) >= 11 is 0. The topological polar surface area (TPSA) is 41.6 Å². The Morgan fingerprint density at radius 1 is 1.69 bits per heavy atom. The van der Waals surface area contributed by atoms with E-state index in [1.54, 1.807) is 7.11 Å². The number of nitrogens with one attached hydrogen (secondary N) is 1. The van der Waals surface area contributed by atoms with Crippen LogP contribution in [0.3, 0.4) is 0 Å². The Balaban J connectivity index is 1.85. The lowest BCUT2D eigenvalue weighted by Crippen LogP contribution is -2.40. The van der Waals surface area contributed by atoms with Gasteiger partial charge in [-0.3, -0.25) is 4.79 Å². The van der Waals surface area contributed by atoms with Crippen LogP contribution in [0.25, 0.3) is 0 Å². The molecule has 0 spiro atoms. The summed E-state index contributed by atoms with van der Waals surface area (Å²) in [6, 6.07) is 0. The zero-order chi connectivity index (χ0) is 11.4. The molecule has 0 bridgehead atoms. The molecule has 2 rings (SSSR count). The van der Waals surface area contributed by atoms with Gasteiger partial charge in [-0.1, -0.05) is 6.08 Å². The van der Waals surface area contributed by atoms with Gasteiger partial charge in [-0.2, -0.15) is 0 Å². The van der Waals surface area contributed by atoms with Gasteiger partial charge in [0.25, 0.3) is 0 Å². The number of ether oxygens (including phenoxy) is 1. The number of nitrogens with zero attached hydrogens (tertiary/aromatic N) is 1. The number of carbonyl (C=O) groups excluding carboxylic acids is 1. The molecule has 0 aliphatic carbocycles. The molecule has 1 amide bonds. The van der Waals surface area contributed by atoms with Crippen molar-refractivity contribution in [2.24, 2.45) is 5.92 Å². The van der Waals surface area contributed by atoms with Crippen molar-refractivity contribution in [1.82, 2.24) is 10.2 Å². The SMILES string of the molecule is COCC1=CCN(C(=O)C2CCNC2)CC1. The van der Waals surface area contributed by atoms with Gasteiger partial charge in [-0.05, 0) is 25.0 Å². The molecule has 1 atom stereocenters. The van der Waals surface area contributed by atoms with Gasteiger partial charge in [0.05, 0.1) is 12.5 Å². The number of rotatable bonds is 3. The van der Waals surface area contributed by atoms with Crippen molar-refractivity contribution in [3.8, 4) is 0 Å². The summed E-state index contributed by atoms with van der Waals surface area (Å²) in [6.07, 6.45) is 4.08. The Bertz CT molecular complexity index is 283. The van der Waals surface area contributed by atoms with E-state index >= 15 is 0 Å². The first kappa shape index (κ1) is 11.6. The highest BCUT2D eigenvalue weighted by molar-refractivity contribution is 5.79. The van der Waals surface area contributed by atoms with E-state index in [0.717, 1.165) is 39.0 Å². The Morgan fingerprint density at radius 3 is 3.12 bits per heavy atom. The molecule has 2 heterocycles. The van der Waals surface area contributed by atoms with Crippen LogP contribution in [-0.2, 0) is 9.53 Å². The Kier molecular flexibility index (Phi) is 3.96. The Hall–Kier alpha value is -0.870. The van der Waals surface area contributed by atoms with Crippen LogP contribution >= 0.6 is 0 Å². The normalized spacial score (nSPS) is 25.7. The summed E-state index contributed by atoms with van der Waals surface area (Å²) in [5, 5.41) is 3.24. The number of hydrogen-bond donors (Lipinski definition) is 1. The fourth-order valence-corrected chi connectivity index (χ4v) is 2.35. The van der Waals surface area contributed by atoms with E-state index in [0.29, 0.717) is 12.5 Å². The second-order valence-electron chi connectivity index (χ2n) is 4.52. The average Bonchev–Trinajstić information content (AvgIpc) is 2.83. The quantitative estimate of drug-likeness (QED) is 0.706. The van der Waals surface area contributed by atoms with E-state index < -0.39 is 0 Å². The predicted molar refractivity (Wildman–Crippen MR) is 62.1 cm³/mol. The van der Waals surface area contributed by atoms with Crippen molar-refractivity contribution in [3.63, 3.8) is 0 Å². The van der Waals surface area contributed by atoms with Crippen molar-refractivity contribution < 1.29 is 9.53 Å². The van der Waals surface area contributed by atoms with Crippen molar-refractivity contribution in [2.75, 3.05) is 39.9 Å². The summed E-state index contributed by atoms with van der Waals surface area (Å²) in [4.78, 5) is 14.1. The minimum absolute atomic E-state index is 0.206. The maximum atomic E-state index is 12.1. The highest BCUT2D eigenvalue weighted by Gasteiger charge is 2.27. The third kappa shape index (κ3) is 2.62. The fraction of sp³-hybridized carbons (Fsp3) is 0.750. The summed E-state index contributed by atoms with van der Waals surface area (Å²) in [5.74, 6) is 0.523. The molecular weight excluding hydrogens is 204 g/mol. The molecule has 1 saturated heterocycles. The first-order valence-electron chi connectivity index (χ1n) is 5.97. The smallest absolute Gasteiger partial charge is 0.227 e. The van der Waals surface area contributed by atoms with Crippen molar-refractivity contribution >= 4 is 5.91 Å². The third-order valence-electron chi connectivity index (χ3n) is 3.35. The predicted octanol–water partition coefficient (Wildman–Crippen LogP) is 0.401. The lowest BCUT2D eigenvalue weighted by molar-refractivity contribution is -0.134. The van der Waals surface area contributed by atoms with Crippen LogP contribution in [0.4, 0.5) is 0 Å². The summed E-state index contributed by atoms with van der Waals surface area (Å²) in [5.41, 5.74) is 1.32. The summed E-state index contributed by atoms with van der Waals surface area (Å²) in [7, 11) is 1.71. The molecule has 0 saturated carbocycles. The summed E-state index contributed by atoms with van der Waals surface area (Å²) in [6.45, 7) is 4.14. The molecule has 2 aliphatic rings. The van der Waals surface area contributed by atoms with Crippen molar-refractivity contribution in [2.45, 2.75) is 12.8 Å². The van der Waals surface area contributed by atoms with Crippen LogP contribution in [0.15, 0.2) is 11.6 Å². The fourth-order valence-electron chi connectivity index (χ4n) is 2.35. The maximum absolute atomic E-state index is 12.1. The molecule has 0 radical (unpaired) electrons. The minimum Gasteiger partial charge on any atom is -0.380 e. The van der Waals surface area contributed by atoms with Crippen LogP contribution in [0.1, 0.15) is 12.8 Å². The molecule has 0 aromatic heterocycles. The molecule has 0 aromatic rings. The minimum atomic E-state index is 0.206. The second kappa shape index (κ2) is 5.46. The van der Waals surface area contributed by atoms with Crippen LogP contribution in [0, 0.1) is 5.92 Å². The molecule has 2 aliphatic heterocycles. The highest BCUT2D eigenvalue weighted by atomic mass is 16.5. The molecule has 4 heteroatoms. The monoisotopic (exact) mass is 224 g/mol. The summed E-state index contributed by atoms with van der Waals surface area (Å²) < 4.78 is 5.10. The average molecular weight is 224 g/mol. The lowest BCUT2D eigenvalue weighted by Gasteiger charge is -2.28. The van der Waals surface area contributed by atoms with Gasteiger partial charge in [0, 0.05) is 26.7 Å². The van der Waals surface area contributed by atoms with E-state index in [2.05, 4.69) is 11.4 Å². The molecule has 1 fully saturated rings. The van der Waals surface area contributed by atoms with Crippen LogP contribution in [-0.4, -0.2) is 50.7 Å². The van der Waals surface area contributed by atoms with Gasteiger partial charge in [-0.15, -0.1) is 0 Å². The van der Waals surface area contributed by atoms with Crippen LogP contribution in [0.5, 0.6) is 0 Å². The van der Waals surface area contributed by atoms with Crippen molar-refractivity contribution in [1.29, 1.82) is 0 Å². The maximum Gasteiger partial charge on any atom is 0.227 e. The van der Waals surface area contributed by atoms with Gasteiger partial charge >= 0.3 is 0 Å².